The first-order chi connectivity index (χ1) is 11.6. The van der Waals surface area contributed by atoms with Gasteiger partial charge in [-0.1, -0.05) is 17.3 Å². The van der Waals surface area contributed by atoms with Crippen LogP contribution in [-0.4, -0.2) is 38.3 Å². The van der Waals surface area contributed by atoms with Gasteiger partial charge < -0.3 is 18.6 Å². The van der Waals surface area contributed by atoms with Crippen LogP contribution >= 0.6 is 7.60 Å². The second-order valence-electron chi connectivity index (χ2n) is 5.94. The fraction of sp³-hybridized carbons (Fsp3) is 0.588. The molecule has 1 aliphatic carbocycles. The molecule has 1 unspecified atom stereocenters. The van der Waals surface area contributed by atoms with Gasteiger partial charge in [-0.05, 0) is 38.0 Å². The summed E-state index contributed by atoms with van der Waals surface area (Å²) in [6.07, 6.45) is 0.701. The van der Waals surface area contributed by atoms with Crippen LogP contribution in [0.5, 0.6) is 5.75 Å². The van der Waals surface area contributed by atoms with E-state index in [9.17, 15) is 4.57 Å². The zero-order chi connectivity index (χ0) is 17.2. The van der Waals surface area contributed by atoms with Crippen LogP contribution < -0.4 is 4.74 Å². The van der Waals surface area contributed by atoms with Crippen LogP contribution in [0.2, 0.25) is 0 Å². The van der Waals surface area contributed by atoms with Gasteiger partial charge in [-0.25, -0.2) is 0 Å². The van der Waals surface area contributed by atoms with Crippen LogP contribution in [0.3, 0.4) is 0 Å². The number of nitrogens with zero attached hydrogens (tertiary/aromatic N) is 1. The van der Waals surface area contributed by atoms with Gasteiger partial charge in [-0.3, -0.25) is 4.57 Å². The molecule has 0 spiro atoms. The van der Waals surface area contributed by atoms with Crippen LogP contribution in [0.25, 0.3) is 0 Å². The van der Waals surface area contributed by atoms with Crippen LogP contribution in [0.1, 0.15) is 31.7 Å². The Kier molecular flexibility index (Phi) is 5.28. The summed E-state index contributed by atoms with van der Waals surface area (Å²) in [5, 5.41) is 4.24. The molecule has 1 heterocycles. The highest BCUT2D eigenvalue weighted by molar-refractivity contribution is 7.54. The molecule has 0 amide bonds. The number of hydrogen-bond donors (Lipinski definition) is 0. The highest BCUT2D eigenvalue weighted by atomic mass is 31.2. The highest BCUT2D eigenvalue weighted by Crippen LogP contribution is 2.63. The lowest BCUT2D eigenvalue weighted by molar-refractivity contribution is 0.149. The third-order valence-electron chi connectivity index (χ3n) is 4.59. The summed E-state index contributed by atoms with van der Waals surface area (Å²) in [7, 11) is -1.59. The molecule has 132 valence electrons. The van der Waals surface area contributed by atoms with Crippen LogP contribution in [0.4, 0.5) is 0 Å². The van der Waals surface area contributed by atoms with E-state index >= 15 is 0 Å². The lowest BCUT2D eigenvalue weighted by Gasteiger charge is -2.28. The third-order valence-corrected chi connectivity index (χ3v) is 7.15. The van der Waals surface area contributed by atoms with Gasteiger partial charge in [0.1, 0.15) is 12.4 Å². The first-order valence-corrected chi connectivity index (χ1v) is 9.96. The van der Waals surface area contributed by atoms with Gasteiger partial charge in [0.05, 0.1) is 31.7 Å². The van der Waals surface area contributed by atoms with Crippen molar-refractivity contribution in [2.75, 3.05) is 26.9 Å². The number of benzene rings is 1. The van der Waals surface area contributed by atoms with E-state index in [0.29, 0.717) is 26.2 Å². The maximum absolute atomic E-state index is 13.4. The van der Waals surface area contributed by atoms with E-state index in [4.69, 9.17) is 18.6 Å². The topological polar surface area (TPSA) is 66.4 Å². The fourth-order valence-corrected chi connectivity index (χ4v) is 5.97. The molecule has 0 saturated heterocycles. The van der Waals surface area contributed by atoms with Crippen molar-refractivity contribution >= 4 is 13.3 Å². The van der Waals surface area contributed by atoms with Crippen LogP contribution in [-0.2, 0) is 18.5 Å². The van der Waals surface area contributed by atoms with Crippen molar-refractivity contribution in [3.63, 3.8) is 0 Å². The van der Waals surface area contributed by atoms with E-state index in [1.54, 1.807) is 7.11 Å². The van der Waals surface area contributed by atoms with Crippen molar-refractivity contribution in [1.82, 2.24) is 0 Å². The summed E-state index contributed by atoms with van der Waals surface area (Å²) in [6.45, 7) is 4.93. The molecule has 1 aromatic carbocycles. The summed E-state index contributed by atoms with van der Waals surface area (Å²) >= 11 is 0. The minimum Gasteiger partial charge on any atom is -0.497 e. The molecule has 0 aromatic heterocycles. The Morgan fingerprint density at radius 2 is 1.88 bits per heavy atom. The van der Waals surface area contributed by atoms with Gasteiger partial charge in [-0.15, -0.1) is 0 Å². The zero-order valence-electron chi connectivity index (χ0n) is 14.3. The Bertz CT molecular complexity index is 635. The van der Waals surface area contributed by atoms with Gasteiger partial charge >= 0.3 is 7.60 Å². The van der Waals surface area contributed by atoms with Crippen molar-refractivity contribution in [3.8, 4) is 5.75 Å². The first-order valence-electron chi connectivity index (χ1n) is 8.35. The zero-order valence-corrected chi connectivity index (χ0v) is 15.2. The molecule has 7 heteroatoms. The summed E-state index contributed by atoms with van der Waals surface area (Å²) < 4.78 is 29.9. The minimum absolute atomic E-state index is 0.118. The molecule has 1 aliphatic heterocycles. The Morgan fingerprint density at radius 3 is 2.46 bits per heavy atom. The molecule has 0 radical (unpaired) electrons. The van der Waals surface area contributed by atoms with E-state index in [1.165, 1.54) is 0 Å². The molecule has 3 rings (SSSR count). The maximum Gasteiger partial charge on any atom is 0.334 e. The number of methoxy groups -OCH3 is 1. The summed E-state index contributed by atoms with van der Waals surface area (Å²) in [5.74, 6) is 0.843. The molecule has 1 aromatic rings. The molecule has 2 aliphatic rings. The van der Waals surface area contributed by atoms with Gasteiger partial charge in [0.25, 0.3) is 0 Å². The largest absolute Gasteiger partial charge is 0.497 e. The molecule has 24 heavy (non-hydrogen) atoms. The van der Waals surface area contributed by atoms with Crippen molar-refractivity contribution < 1.29 is 23.2 Å². The second kappa shape index (κ2) is 7.26. The first kappa shape index (κ1) is 17.5. The monoisotopic (exact) mass is 353 g/mol. The standard InChI is InChI=1S/C17H24NO5P/c1-4-22-24(19,23-5-2)15-10-13-11-21-18-17(13)16(15)12-6-8-14(20-3)9-7-12/h6-9,13,15-16H,4-5,10-11H2,1-3H3/t13-,15-,16?/m1/s1. The van der Waals surface area contributed by atoms with Crippen LogP contribution in [0.15, 0.2) is 29.4 Å². The van der Waals surface area contributed by atoms with E-state index in [1.807, 2.05) is 38.1 Å². The highest BCUT2D eigenvalue weighted by Gasteiger charge is 2.53. The Hall–Kier alpha value is -1.36. The normalized spacial score (nSPS) is 26.0. The molecular weight excluding hydrogens is 329 g/mol. The third kappa shape index (κ3) is 3.10. The Labute approximate surface area is 142 Å². The molecule has 1 saturated carbocycles. The molecular formula is C17H24NO5P. The van der Waals surface area contributed by atoms with Gasteiger partial charge in [0.2, 0.25) is 0 Å². The van der Waals surface area contributed by atoms with E-state index in [-0.39, 0.29) is 17.5 Å². The number of hydrogen-bond acceptors (Lipinski definition) is 6. The number of oxime groups is 1. The molecule has 0 N–H and O–H groups in total. The number of ether oxygens (including phenoxy) is 1. The van der Waals surface area contributed by atoms with E-state index in [2.05, 4.69) is 5.16 Å². The number of fused-ring (bicyclic) bond motifs is 1. The Balaban J connectivity index is 1.98. The van der Waals surface area contributed by atoms with E-state index in [0.717, 1.165) is 17.0 Å². The number of rotatable bonds is 7. The minimum atomic E-state index is -3.23. The molecule has 1 fully saturated rings. The summed E-state index contributed by atoms with van der Waals surface area (Å²) in [4.78, 5) is 5.28. The van der Waals surface area contributed by atoms with Gasteiger partial charge in [-0.2, -0.15) is 0 Å². The second-order valence-corrected chi connectivity index (χ2v) is 8.20. The van der Waals surface area contributed by atoms with Crippen LogP contribution in [0, 0.1) is 5.92 Å². The lowest BCUT2D eigenvalue weighted by atomic mass is 9.94. The average molecular weight is 353 g/mol. The van der Waals surface area contributed by atoms with Gasteiger partial charge in [0, 0.05) is 11.8 Å². The Morgan fingerprint density at radius 1 is 1.21 bits per heavy atom. The molecule has 6 nitrogen and oxygen atoms in total. The summed E-state index contributed by atoms with van der Waals surface area (Å²) in [6, 6.07) is 7.79. The SMILES string of the molecule is CCOP(=O)(OCC)[C@@H]1C[C@@H]2CON=C2C1c1ccc(OC)cc1. The molecule has 0 bridgehead atoms. The average Bonchev–Trinajstić information content (AvgIpc) is 3.16. The molecule has 3 atom stereocenters. The van der Waals surface area contributed by atoms with Crippen molar-refractivity contribution in [3.05, 3.63) is 29.8 Å². The van der Waals surface area contributed by atoms with E-state index < -0.39 is 7.60 Å². The lowest BCUT2D eigenvalue weighted by Crippen LogP contribution is -2.20. The smallest absolute Gasteiger partial charge is 0.334 e. The predicted octanol–water partition coefficient (Wildman–Crippen LogP) is 3.82. The quantitative estimate of drug-likeness (QED) is 0.697. The van der Waals surface area contributed by atoms with Gasteiger partial charge in [0.15, 0.2) is 0 Å². The fourth-order valence-electron chi connectivity index (χ4n) is 3.59. The van der Waals surface area contributed by atoms with Crippen molar-refractivity contribution in [1.29, 1.82) is 0 Å². The maximum atomic E-state index is 13.4. The predicted molar refractivity (Wildman–Crippen MR) is 91.9 cm³/mol. The van der Waals surface area contributed by atoms with Crippen molar-refractivity contribution in [2.45, 2.75) is 31.8 Å². The van der Waals surface area contributed by atoms with Crippen molar-refractivity contribution in [2.24, 2.45) is 11.1 Å². The summed E-state index contributed by atoms with van der Waals surface area (Å²) in [5.41, 5.74) is 1.75.